The van der Waals surface area contributed by atoms with Crippen LogP contribution < -0.4 is 10.2 Å². The van der Waals surface area contributed by atoms with Gasteiger partial charge >= 0.3 is 6.18 Å². The standard InChI is InChI=1S/C20H17F3N4S2/c1-3-27(15-8-9-16-12(2)18(28)29-17(16)10-15)19(25-11-24)26-14-6-4-13(5-7-14)20(21,22)23/h4-10,28H,3H2,1-2H3,(H,25,26). The van der Waals surface area contributed by atoms with Crippen LogP contribution in [-0.4, -0.2) is 12.5 Å². The van der Waals surface area contributed by atoms with Crippen molar-refractivity contribution in [3.8, 4) is 6.19 Å². The minimum atomic E-state index is -4.41. The number of aryl methyl sites for hydroxylation is 1. The number of alkyl halides is 3. The smallest absolute Gasteiger partial charge is 0.312 e. The van der Waals surface area contributed by atoms with Gasteiger partial charge in [0.25, 0.3) is 0 Å². The monoisotopic (exact) mass is 434 g/mol. The van der Waals surface area contributed by atoms with Crippen molar-refractivity contribution in [2.24, 2.45) is 4.99 Å². The highest BCUT2D eigenvalue weighted by Gasteiger charge is 2.30. The molecule has 0 aliphatic rings. The van der Waals surface area contributed by atoms with Crippen molar-refractivity contribution in [3.63, 3.8) is 0 Å². The Kier molecular flexibility index (Phi) is 6.05. The molecule has 0 saturated carbocycles. The van der Waals surface area contributed by atoms with E-state index in [0.717, 1.165) is 37.7 Å². The second kappa shape index (κ2) is 8.35. The lowest BCUT2D eigenvalue weighted by Gasteiger charge is -2.23. The zero-order chi connectivity index (χ0) is 21.2. The molecule has 0 fully saturated rings. The summed E-state index contributed by atoms with van der Waals surface area (Å²) >= 11 is 6.04. The maximum atomic E-state index is 12.8. The minimum Gasteiger partial charge on any atom is -0.312 e. The molecule has 150 valence electrons. The molecule has 1 aromatic heterocycles. The van der Waals surface area contributed by atoms with Crippen LogP contribution in [0, 0.1) is 18.4 Å². The molecular weight excluding hydrogens is 417 g/mol. The Morgan fingerprint density at radius 2 is 1.93 bits per heavy atom. The Labute approximate surface area is 175 Å². The normalized spacial score (nSPS) is 12.1. The summed E-state index contributed by atoms with van der Waals surface area (Å²) in [5.41, 5.74) is 1.47. The van der Waals surface area contributed by atoms with Gasteiger partial charge in [-0.05, 0) is 61.2 Å². The quantitative estimate of drug-likeness (QED) is 0.172. The molecule has 1 heterocycles. The lowest BCUT2D eigenvalue weighted by Crippen LogP contribution is -2.39. The van der Waals surface area contributed by atoms with Gasteiger partial charge in [0, 0.05) is 16.9 Å². The number of fused-ring (bicyclic) bond motifs is 1. The highest BCUT2D eigenvalue weighted by atomic mass is 32.2. The zero-order valence-corrected chi connectivity index (χ0v) is 17.3. The number of benzene rings is 2. The van der Waals surface area contributed by atoms with E-state index in [0.29, 0.717) is 12.2 Å². The second-order valence-corrected chi connectivity index (χ2v) is 7.98. The average molecular weight is 435 g/mol. The van der Waals surface area contributed by atoms with Crippen molar-refractivity contribution >= 4 is 51.4 Å². The Morgan fingerprint density at radius 1 is 1.24 bits per heavy atom. The van der Waals surface area contributed by atoms with Crippen LogP contribution in [-0.2, 0) is 6.18 Å². The summed E-state index contributed by atoms with van der Waals surface area (Å²) in [5, 5.41) is 12.8. The fraction of sp³-hybridized carbons (Fsp3) is 0.200. The number of hydrogen-bond donors (Lipinski definition) is 2. The van der Waals surface area contributed by atoms with Crippen LogP contribution in [0.4, 0.5) is 24.5 Å². The first-order chi connectivity index (χ1) is 13.7. The van der Waals surface area contributed by atoms with Crippen LogP contribution in [0.5, 0.6) is 0 Å². The lowest BCUT2D eigenvalue weighted by atomic mass is 10.2. The molecule has 0 aliphatic carbocycles. The first-order valence-corrected chi connectivity index (χ1v) is 9.91. The van der Waals surface area contributed by atoms with E-state index in [2.05, 4.69) is 22.9 Å². The SMILES string of the molecule is CCN(C(=Nc1ccc(C(F)(F)F)cc1)NC#N)c1ccc2c(C)c(S)sc2c1. The van der Waals surface area contributed by atoms with E-state index >= 15 is 0 Å². The highest BCUT2D eigenvalue weighted by Crippen LogP contribution is 2.36. The van der Waals surface area contributed by atoms with E-state index in [-0.39, 0.29) is 5.96 Å². The van der Waals surface area contributed by atoms with E-state index in [1.807, 2.05) is 38.2 Å². The second-order valence-electron chi connectivity index (χ2n) is 6.17. The van der Waals surface area contributed by atoms with Gasteiger partial charge in [-0.3, -0.25) is 5.32 Å². The van der Waals surface area contributed by atoms with Gasteiger partial charge in [0.05, 0.1) is 15.5 Å². The summed E-state index contributed by atoms with van der Waals surface area (Å²) in [6.45, 7) is 4.40. The van der Waals surface area contributed by atoms with Gasteiger partial charge in [0.15, 0.2) is 6.19 Å². The van der Waals surface area contributed by atoms with Gasteiger partial charge in [0.2, 0.25) is 5.96 Å². The predicted molar refractivity (Wildman–Crippen MR) is 114 cm³/mol. The van der Waals surface area contributed by atoms with Crippen LogP contribution >= 0.6 is 24.0 Å². The maximum Gasteiger partial charge on any atom is 0.416 e. The Morgan fingerprint density at radius 3 is 2.52 bits per heavy atom. The van der Waals surface area contributed by atoms with Crippen LogP contribution in [0.2, 0.25) is 0 Å². The van der Waals surface area contributed by atoms with Crippen molar-refractivity contribution in [2.75, 3.05) is 11.4 Å². The third kappa shape index (κ3) is 4.49. The Bertz CT molecular complexity index is 1100. The van der Waals surface area contributed by atoms with Crippen molar-refractivity contribution in [3.05, 3.63) is 53.6 Å². The predicted octanol–water partition coefficient (Wildman–Crippen LogP) is 6.10. The number of anilines is 1. The summed E-state index contributed by atoms with van der Waals surface area (Å²) in [6, 6.07) is 10.4. The molecule has 0 saturated heterocycles. The molecule has 0 bridgehead atoms. The molecule has 4 nitrogen and oxygen atoms in total. The van der Waals surface area contributed by atoms with Crippen molar-refractivity contribution in [2.45, 2.75) is 24.2 Å². The maximum absolute atomic E-state index is 12.8. The summed E-state index contributed by atoms with van der Waals surface area (Å²) in [6.07, 6.45) is -2.56. The first-order valence-electron chi connectivity index (χ1n) is 8.65. The van der Waals surface area contributed by atoms with Crippen LogP contribution in [0.3, 0.4) is 0 Å². The third-order valence-electron chi connectivity index (χ3n) is 4.38. The van der Waals surface area contributed by atoms with E-state index < -0.39 is 11.7 Å². The highest BCUT2D eigenvalue weighted by molar-refractivity contribution is 7.83. The molecule has 0 unspecified atom stereocenters. The fourth-order valence-electron chi connectivity index (χ4n) is 2.88. The minimum absolute atomic E-state index is 0.230. The summed E-state index contributed by atoms with van der Waals surface area (Å²) in [7, 11) is 0. The summed E-state index contributed by atoms with van der Waals surface area (Å²) < 4.78 is 40.3. The number of hydrogen-bond acceptors (Lipinski definition) is 4. The number of thiophene rings is 1. The zero-order valence-electron chi connectivity index (χ0n) is 15.6. The molecule has 9 heteroatoms. The number of aliphatic imine (C=N–C) groups is 1. The Hall–Kier alpha value is -2.70. The number of nitrogens with one attached hydrogen (secondary N) is 1. The van der Waals surface area contributed by atoms with Gasteiger partial charge in [0.1, 0.15) is 0 Å². The number of nitrogens with zero attached hydrogens (tertiary/aromatic N) is 3. The van der Waals surface area contributed by atoms with E-state index in [1.165, 1.54) is 12.1 Å². The number of thiol groups is 1. The molecule has 0 radical (unpaired) electrons. The number of rotatable bonds is 3. The summed E-state index contributed by atoms with van der Waals surface area (Å²) in [5.74, 6) is 0.230. The Balaban J connectivity index is 2.00. The first kappa shape index (κ1) is 21.0. The van der Waals surface area contributed by atoms with Gasteiger partial charge in [-0.15, -0.1) is 24.0 Å². The van der Waals surface area contributed by atoms with E-state index in [1.54, 1.807) is 16.2 Å². The van der Waals surface area contributed by atoms with Gasteiger partial charge in [-0.2, -0.15) is 18.4 Å². The summed E-state index contributed by atoms with van der Waals surface area (Å²) in [4.78, 5) is 6.14. The fourth-order valence-corrected chi connectivity index (χ4v) is 4.27. The molecule has 0 atom stereocenters. The van der Waals surface area contributed by atoms with Crippen molar-refractivity contribution < 1.29 is 13.2 Å². The van der Waals surface area contributed by atoms with Crippen LogP contribution in [0.1, 0.15) is 18.1 Å². The number of guanidine groups is 1. The van der Waals surface area contributed by atoms with Crippen molar-refractivity contribution in [1.82, 2.24) is 5.32 Å². The van der Waals surface area contributed by atoms with Crippen LogP contribution in [0.15, 0.2) is 51.7 Å². The van der Waals surface area contributed by atoms with E-state index in [4.69, 9.17) is 5.26 Å². The molecule has 0 aliphatic heterocycles. The third-order valence-corrected chi connectivity index (χ3v) is 6.04. The van der Waals surface area contributed by atoms with Gasteiger partial charge < -0.3 is 4.90 Å². The molecule has 1 N–H and O–H groups in total. The van der Waals surface area contributed by atoms with Crippen LogP contribution in [0.25, 0.3) is 10.1 Å². The molecule has 3 rings (SSSR count). The molecule has 0 amide bonds. The molecule has 0 spiro atoms. The largest absolute Gasteiger partial charge is 0.416 e. The molecule has 3 aromatic rings. The molecule has 29 heavy (non-hydrogen) atoms. The van der Waals surface area contributed by atoms with E-state index in [9.17, 15) is 13.2 Å². The molecular formula is C20H17F3N4S2. The lowest BCUT2D eigenvalue weighted by molar-refractivity contribution is -0.137. The molecule has 2 aromatic carbocycles. The van der Waals surface area contributed by atoms with Gasteiger partial charge in [-0.25, -0.2) is 4.99 Å². The van der Waals surface area contributed by atoms with Gasteiger partial charge in [-0.1, -0.05) is 6.07 Å². The topological polar surface area (TPSA) is 51.4 Å². The average Bonchev–Trinajstić information content (AvgIpc) is 2.96. The number of halogens is 3. The van der Waals surface area contributed by atoms with Crippen molar-refractivity contribution in [1.29, 1.82) is 5.26 Å². The number of nitriles is 1.